The van der Waals surface area contributed by atoms with Gasteiger partial charge in [0.15, 0.2) is 5.96 Å². The van der Waals surface area contributed by atoms with Crippen molar-refractivity contribution < 1.29 is 9.84 Å². The molecule has 0 saturated carbocycles. The van der Waals surface area contributed by atoms with Crippen LogP contribution < -0.4 is 21.1 Å². The van der Waals surface area contributed by atoms with Crippen molar-refractivity contribution in [2.45, 2.75) is 38.7 Å². The fourth-order valence-corrected chi connectivity index (χ4v) is 2.18. The average Bonchev–Trinajstić information content (AvgIpc) is 2.58. The van der Waals surface area contributed by atoms with Gasteiger partial charge in [0.1, 0.15) is 12.4 Å². The summed E-state index contributed by atoms with van der Waals surface area (Å²) >= 11 is 0. The van der Waals surface area contributed by atoms with Gasteiger partial charge in [0, 0.05) is 20.1 Å². The first-order chi connectivity index (χ1) is 11.6. The van der Waals surface area contributed by atoms with Gasteiger partial charge in [0.25, 0.3) is 0 Å². The van der Waals surface area contributed by atoms with Crippen molar-refractivity contribution in [3.63, 3.8) is 0 Å². The van der Waals surface area contributed by atoms with Gasteiger partial charge in [-0.05, 0) is 56.8 Å². The molecule has 1 rings (SSSR count). The third kappa shape index (κ3) is 10.1. The Morgan fingerprint density at radius 1 is 1.21 bits per heavy atom. The van der Waals surface area contributed by atoms with Gasteiger partial charge in [0.2, 0.25) is 0 Å². The van der Waals surface area contributed by atoms with Crippen molar-refractivity contribution in [3.8, 4) is 5.75 Å². The fraction of sp³-hybridized carbons (Fsp3) is 0.611. The Balaban J connectivity index is 2.10. The van der Waals surface area contributed by atoms with E-state index in [1.807, 2.05) is 12.1 Å². The first-order valence-corrected chi connectivity index (χ1v) is 8.68. The van der Waals surface area contributed by atoms with Crippen molar-refractivity contribution in [1.82, 2.24) is 10.6 Å². The zero-order valence-corrected chi connectivity index (χ0v) is 14.9. The molecule has 1 aromatic carbocycles. The third-order valence-electron chi connectivity index (χ3n) is 3.65. The Bertz CT molecular complexity index is 461. The fourth-order valence-electron chi connectivity index (χ4n) is 2.18. The van der Waals surface area contributed by atoms with Crippen LogP contribution >= 0.6 is 0 Å². The summed E-state index contributed by atoms with van der Waals surface area (Å²) in [6.07, 6.45) is 3.73. The maximum absolute atomic E-state index is 9.15. The molecule has 1 aromatic rings. The van der Waals surface area contributed by atoms with E-state index in [0.717, 1.165) is 51.1 Å². The standard InChI is InChI=1S/C18H32N4O2/c1-15(23)10-12-21-13-14-24-17-8-6-16(7-9-17)5-3-4-11-22-18(19)20-2/h6-9,15,21,23H,3-5,10-14H2,1-2H3,(H3,19,20,22). The first-order valence-electron chi connectivity index (χ1n) is 8.68. The largest absolute Gasteiger partial charge is 0.492 e. The molecule has 0 aliphatic carbocycles. The van der Waals surface area contributed by atoms with E-state index in [0.29, 0.717) is 12.6 Å². The number of nitrogens with zero attached hydrogens (tertiary/aromatic N) is 1. The van der Waals surface area contributed by atoms with Gasteiger partial charge in [-0.2, -0.15) is 0 Å². The molecule has 1 unspecified atom stereocenters. The minimum absolute atomic E-state index is 0.251. The second kappa shape index (κ2) is 12.6. The Kier molecular flexibility index (Phi) is 10.6. The normalized spacial score (nSPS) is 12.9. The number of aliphatic hydroxyl groups excluding tert-OH is 1. The molecule has 5 N–H and O–H groups in total. The van der Waals surface area contributed by atoms with Gasteiger partial charge in [-0.1, -0.05) is 12.1 Å². The van der Waals surface area contributed by atoms with Crippen molar-refractivity contribution in [2.24, 2.45) is 10.7 Å². The van der Waals surface area contributed by atoms with Crippen LogP contribution in [0.2, 0.25) is 0 Å². The van der Waals surface area contributed by atoms with E-state index in [1.165, 1.54) is 5.56 Å². The molecule has 0 radical (unpaired) electrons. The van der Waals surface area contributed by atoms with Crippen LogP contribution in [0.5, 0.6) is 5.75 Å². The Labute approximate surface area is 145 Å². The number of ether oxygens (including phenoxy) is 1. The number of nitrogens with one attached hydrogen (secondary N) is 2. The number of unbranched alkanes of at least 4 members (excludes halogenated alkanes) is 1. The van der Waals surface area contributed by atoms with Gasteiger partial charge in [-0.15, -0.1) is 0 Å². The number of benzene rings is 1. The van der Waals surface area contributed by atoms with E-state index in [9.17, 15) is 0 Å². The Morgan fingerprint density at radius 2 is 1.96 bits per heavy atom. The second-order valence-electron chi connectivity index (χ2n) is 5.87. The lowest BCUT2D eigenvalue weighted by Gasteiger charge is -2.09. The molecule has 0 saturated heterocycles. The molecular weight excluding hydrogens is 304 g/mol. The van der Waals surface area contributed by atoms with E-state index in [4.69, 9.17) is 15.6 Å². The smallest absolute Gasteiger partial charge is 0.188 e. The number of aliphatic hydroxyl groups is 1. The maximum Gasteiger partial charge on any atom is 0.188 e. The SMILES string of the molecule is CN=C(N)NCCCCc1ccc(OCCNCCC(C)O)cc1. The van der Waals surface area contributed by atoms with Crippen LogP contribution in [0, 0.1) is 0 Å². The lowest BCUT2D eigenvalue weighted by molar-refractivity contribution is 0.182. The van der Waals surface area contributed by atoms with Crippen molar-refractivity contribution >= 4 is 5.96 Å². The number of rotatable bonds is 12. The number of guanidine groups is 1. The number of aliphatic imine (C=N–C) groups is 1. The molecule has 6 nitrogen and oxygen atoms in total. The summed E-state index contributed by atoms with van der Waals surface area (Å²) in [6.45, 7) is 4.87. The summed E-state index contributed by atoms with van der Waals surface area (Å²) in [4.78, 5) is 3.86. The van der Waals surface area contributed by atoms with Gasteiger partial charge in [-0.25, -0.2) is 0 Å². The summed E-state index contributed by atoms with van der Waals surface area (Å²) in [6, 6.07) is 8.27. The highest BCUT2D eigenvalue weighted by Crippen LogP contribution is 2.13. The highest BCUT2D eigenvalue weighted by Gasteiger charge is 1.98. The van der Waals surface area contributed by atoms with Crippen LogP contribution in [0.25, 0.3) is 0 Å². The quantitative estimate of drug-likeness (QED) is 0.262. The molecule has 0 aromatic heterocycles. The van der Waals surface area contributed by atoms with Gasteiger partial charge in [-0.3, -0.25) is 4.99 Å². The highest BCUT2D eigenvalue weighted by atomic mass is 16.5. The Morgan fingerprint density at radius 3 is 2.62 bits per heavy atom. The van der Waals surface area contributed by atoms with Gasteiger partial charge in [0.05, 0.1) is 6.10 Å². The lowest BCUT2D eigenvalue weighted by Crippen LogP contribution is -2.32. The number of aryl methyl sites for hydroxylation is 1. The van der Waals surface area contributed by atoms with Crippen LogP contribution in [0.1, 0.15) is 31.7 Å². The molecule has 0 heterocycles. The van der Waals surface area contributed by atoms with Crippen molar-refractivity contribution in [2.75, 3.05) is 33.3 Å². The first kappa shape index (κ1) is 20.3. The van der Waals surface area contributed by atoms with Crippen LogP contribution in [-0.2, 0) is 6.42 Å². The van der Waals surface area contributed by atoms with E-state index in [2.05, 4.69) is 27.8 Å². The van der Waals surface area contributed by atoms with Gasteiger partial charge < -0.3 is 26.2 Å². The Hall–Kier alpha value is -1.79. The highest BCUT2D eigenvalue weighted by molar-refractivity contribution is 5.77. The summed E-state index contributed by atoms with van der Waals surface area (Å²) < 4.78 is 5.69. The molecule has 0 aliphatic heterocycles. The molecule has 0 aliphatic rings. The summed E-state index contributed by atoms with van der Waals surface area (Å²) in [5.74, 6) is 1.39. The minimum atomic E-state index is -0.251. The molecule has 0 spiro atoms. The summed E-state index contributed by atoms with van der Waals surface area (Å²) in [5.41, 5.74) is 6.89. The summed E-state index contributed by atoms with van der Waals surface area (Å²) in [7, 11) is 1.68. The molecular formula is C18H32N4O2. The number of hydrogen-bond acceptors (Lipinski definition) is 4. The molecule has 1 atom stereocenters. The molecule has 0 amide bonds. The predicted octanol–water partition coefficient (Wildman–Crippen LogP) is 1.28. The molecule has 136 valence electrons. The maximum atomic E-state index is 9.15. The zero-order valence-electron chi connectivity index (χ0n) is 14.9. The van der Waals surface area contributed by atoms with Crippen molar-refractivity contribution in [1.29, 1.82) is 0 Å². The average molecular weight is 336 g/mol. The number of nitrogens with two attached hydrogens (primary N) is 1. The molecule has 0 fully saturated rings. The number of hydrogen-bond donors (Lipinski definition) is 4. The minimum Gasteiger partial charge on any atom is -0.492 e. The van der Waals surface area contributed by atoms with Crippen molar-refractivity contribution in [3.05, 3.63) is 29.8 Å². The van der Waals surface area contributed by atoms with Crippen LogP contribution in [0.4, 0.5) is 0 Å². The summed E-state index contributed by atoms with van der Waals surface area (Å²) in [5, 5.41) is 15.5. The monoisotopic (exact) mass is 336 g/mol. The molecule has 0 bridgehead atoms. The van der Waals surface area contributed by atoms with Crippen LogP contribution in [0.15, 0.2) is 29.3 Å². The van der Waals surface area contributed by atoms with E-state index < -0.39 is 0 Å². The van der Waals surface area contributed by atoms with Crippen LogP contribution in [-0.4, -0.2) is 50.5 Å². The topological polar surface area (TPSA) is 91.9 Å². The van der Waals surface area contributed by atoms with Crippen LogP contribution in [0.3, 0.4) is 0 Å². The lowest BCUT2D eigenvalue weighted by atomic mass is 10.1. The van der Waals surface area contributed by atoms with Gasteiger partial charge >= 0.3 is 0 Å². The van der Waals surface area contributed by atoms with E-state index in [1.54, 1.807) is 14.0 Å². The predicted molar refractivity (Wildman–Crippen MR) is 99.6 cm³/mol. The molecule has 6 heteroatoms. The van der Waals surface area contributed by atoms with E-state index >= 15 is 0 Å². The third-order valence-corrected chi connectivity index (χ3v) is 3.65. The molecule has 24 heavy (non-hydrogen) atoms. The zero-order chi connectivity index (χ0) is 17.6. The second-order valence-corrected chi connectivity index (χ2v) is 5.87. The van der Waals surface area contributed by atoms with E-state index in [-0.39, 0.29) is 6.10 Å².